The predicted molar refractivity (Wildman–Crippen MR) is 169 cm³/mol. The Morgan fingerprint density at radius 1 is 0.977 bits per heavy atom. The normalized spacial score (nSPS) is 17.0. The minimum Gasteiger partial charge on any atom is -0.497 e. The van der Waals surface area contributed by atoms with Crippen molar-refractivity contribution in [2.24, 2.45) is 0 Å². The molecule has 4 rings (SSSR count). The zero-order valence-electron chi connectivity index (χ0n) is 25.0. The lowest BCUT2D eigenvalue weighted by Gasteiger charge is -2.33. The van der Waals surface area contributed by atoms with E-state index in [0.717, 1.165) is 22.3 Å². The van der Waals surface area contributed by atoms with Crippen LogP contribution in [0, 0.1) is 6.92 Å². The van der Waals surface area contributed by atoms with Gasteiger partial charge in [0, 0.05) is 17.8 Å². The standard InChI is InChI=1S/C33H40N4O5S/c1-22-11-8-9-15-25(22)20-34-30(39)29-33(2,3)43-21-37(29)31(40)28(38)27(18-23-12-6-5-7-13-23)36-32(41)35-19-24-14-10-16-26(17-24)42-4/h5-17,27-29,38H,18-21H2,1-4H3,(H,34,39)(H2,35,36,41)/t27?,28?,29-/m1/s1. The Morgan fingerprint density at radius 2 is 1.67 bits per heavy atom. The molecule has 0 saturated carbocycles. The third kappa shape index (κ3) is 8.30. The smallest absolute Gasteiger partial charge is 0.315 e. The van der Waals surface area contributed by atoms with E-state index < -0.39 is 34.9 Å². The first-order chi connectivity index (χ1) is 20.6. The van der Waals surface area contributed by atoms with Gasteiger partial charge in [0.1, 0.15) is 11.8 Å². The van der Waals surface area contributed by atoms with Crippen molar-refractivity contribution in [2.75, 3.05) is 13.0 Å². The highest BCUT2D eigenvalue weighted by Crippen LogP contribution is 2.40. The molecule has 1 aliphatic heterocycles. The van der Waals surface area contributed by atoms with Crippen LogP contribution in [0.3, 0.4) is 0 Å². The minimum absolute atomic E-state index is 0.217. The van der Waals surface area contributed by atoms with Gasteiger partial charge in [0.15, 0.2) is 6.10 Å². The molecule has 1 heterocycles. The fourth-order valence-corrected chi connectivity index (χ4v) is 6.28. The first-order valence-electron chi connectivity index (χ1n) is 14.2. The van der Waals surface area contributed by atoms with Gasteiger partial charge in [-0.1, -0.05) is 66.7 Å². The molecule has 1 saturated heterocycles. The summed E-state index contributed by atoms with van der Waals surface area (Å²) in [5.41, 5.74) is 3.73. The van der Waals surface area contributed by atoms with Gasteiger partial charge in [0.05, 0.1) is 19.0 Å². The number of nitrogens with one attached hydrogen (secondary N) is 3. The molecule has 0 bridgehead atoms. The summed E-state index contributed by atoms with van der Waals surface area (Å²) in [4.78, 5) is 41.7. The van der Waals surface area contributed by atoms with E-state index in [1.807, 2.05) is 99.6 Å². The van der Waals surface area contributed by atoms with Gasteiger partial charge in [0.25, 0.3) is 5.91 Å². The van der Waals surface area contributed by atoms with E-state index in [9.17, 15) is 19.5 Å². The lowest BCUT2D eigenvalue weighted by Crippen LogP contribution is -2.59. The van der Waals surface area contributed by atoms with E-state index in [4.69, 9.17) is 4.74 Å². The van der Waals surface area contributed by atoms with Gasteiger partial charge in [-0.25, -0.2) is 4.79 Å². The molecule has 0 spiro atoms. The van der Waals surface area contributed by atoms with Crippen LogP contribution in [0.5, 0.6) is 5.75 Å². The number of aryl methyl sites for hydroxylation is 1. The number of aliphatic hydroxyl groups is 1. The van der Waals surface area contributed by atoms with Crippen LogP contribution in [0.2, 0.25) is 0 Å². The minimum atomic E-state index is -1.58. The second-order valence-corrected chi connectivity index (χ2v) is 12.8. The van der Waals surface area contributed by atoms with Crippen molar-refractivity contribution in [1.29, 1.82) is 0 Å². The van der Waals surface area contributed by atoms with Crippen LogP contribution in [0.15, 0.2) is 78.9 Å². The molecule has 2 unspecified atom stereocenters. The maximum atomic E-state index is 13.8. The van der Waals surface area contributed by atoms with Crippen LogP contribution in [0.1, 0.15) is 36.1 Å². The van der Waals surface area contributed by atoms with Crippen LogP contribution in [0.25, 0.3) is 0 Å². The summed E-state index contributed by atoms with van der Waals surface area (Å²) in [6.45, 7) is 6.38. The SMILES string of the molecule is COc1cccc(CNC(=O)NC(Cc2ccccc2)C(O)C(=O)N2CSC(C)(C)[C@H]2C(=O)NCc2ccccc2C)c1. The molecular weight excluding hydrogens is 564 g/mol. The summed E-state index contributed by atoms with van der Waals surface area (Å²) >= 11 is 1.48. The lowest BCUT2D eigenvalue weighted by molar-refractivity contribution is -0.147. The van der Waals surface area contributed by atoms with Crippen LogP contribution >= 0.6 is 11.8 Å². The summed E-state index contributed by atoms with van der Waals surface area (Å²) in [6, 6.07) is 22.2. The first kappa shape index (κ1) is 31.9. The number of thioether (sulfide) groups is 1. The molecule has 4 N–H and O–H groups in total. The highest BCUT2D eigenvalue weighted by molar-refractivity contribution is 8.00. The van der Waals surface area contributed by atoms with E-state index in [2.05, 4.69) is 16.0 Å². The molecule has 1 fully saturated rings. The number of carbonyl (C=O) groups is 3. The molecule has 10 heteroatoms. The molecule has 0 aliphatic carbocycles. The van der Waals surface area contributed by atoms with Crippen LogP contribution in [-0.2, 0) is 29.1 Å². The van der Waals surface area contributed by atoms with Gasteiger partial charge in [0.2, 0.25) is 5.91 Å². The van der Waals surface area contributed by atoms with E-state index in [1.54, 1.807) is 7.11 Å². The maximum Gasteiger partial charge on any atom is 0.315 e. The van der Waals surface area contributed by atoms with Gasteiger partial charge in [-0.3, -0.25) is 9.59 Å². The summed E-state index contributed by atoms with van der Waals surface area (Å²) in [5.74, 6) is 0.0166. The van der Waals surface area contributed by atoms with Crippen molar-refractivity contribution >= 4 is 29.6 Å². The number of rotatable bonds is 11. The largest absolute Gasteiger partial charge is 0.497 e. The summed E-state index contributed by atoms with van der Waals surface area (Å²) < 4.78 is 4.67. The third-order valence-electron chi connectivity index (χ3n) is 7.63. The van der Waals surface area contributed by atoms with Gasteiger partial charge in [-0.15, -0.1) is 11.8 Å². The highest BCUT2D eigenvalue weighted by Gasteiger charge is 2.49. The third-order valence-corrected chi connectivity index (χ3v) is 9.00. The number of nitrogens with zero attached hydrogens (tertiary/aromatic N) is 1. The van der Waals surface area contributed by atoms with Gasteiger partial charge >= 0.3 is 6.03 Å². The van der Waals surface area contributed by atoms with E-state index in [-0.39, 0.29) is 24.7 Å². The van der Waals surface area contributed by atoms with Gasteiger partial charge in [-0.2, -0.15) is 0 Å². The van der Waals surface area contributed by atoms with E-state index in [0.29, 0.717) is 12.3 Å². The Bertz CT molecular complexity index is 1420. The second kappa shape index (κ2) is 14.4. The number of hydrogen-bond acceptors (Lipinski definition) is 6. The monoisotopic (exact) mass is 604 g/mol. The average molecular weight is 605 g/mol. The molecule has 9 nitrogen and oxygen atoms in total. The van der Waals surface area contributed by atoms with Crippen molar-refractivity contribution in [3.05, 3.63) is 101 Å². The summed E-state index contributed by atoms with van der Waals surface area (Å²) in [7, 11) is 1.57. The van der Waals surface area contributed by atoms with Crippen molar-refractivity contribution in [3.8, 4) is 5.75 Å². The number of carbonyl (C=O) groups excluding carboxylic acids is 3. The van der Waals surface area contributed by atoms with E-state index in [1.165, 1.54) is 16.7 Å². The molecular formula is C33H40N4O5S. The quantitative estimate of drug-likeness (QED) is 0.265. The number of ether oxygens (including phenoxy) is 1. The second-order valence-electron chi connectivity index (χ2n) is 11.2. The zero-order valence-corrected chi connectivity index (χ0v) is 25.8. The van der Waals surface area contributed by atoms with Crippen LogP contribution < -0.4 is 20.7 Å². The first-order valence-corrected chi connectivity index (χ1v) is 15.2. The number of aliphatic hydroxyl groups excluding tert-OH is 1. The van der Waals surface area contributed by atoms with E-state index >= 15 is 0 Å². The Labute approximate surface area is 257 Å². The number of methoxy groups -OCH3 is 1. The van der Waals surface area contributed by atoms with Crippen molar-refractivity contribution < 1.29 is 24.2 Å². The fraction of sp³-hybridized carbons (Fsp3) is 0.364. The Hall–Kier alpha value is -4.02. The molecule has 0 aromatic heterocycles. The van der Waals surface area contributed by atoms with Crippen LogP contribution in [-0.4, -0.2) is 63.8 Å². The maximum absolute atomic E-state index is 13.8. The number of hydrogen-bond donors (Lipinski definition) is 4. The molecule has 4 amide bonds. The molecule has 1 aliphatic rings. The molecule has 3 atom stereocenters. The Morgan fingerprint density at radius 3 is 2.40 bits per heavy atom. The molecule has 43 heavy (non-hydrogen) atoms. The van der Waals surface area contributed by atoms with Gasteiger partial charge in [-0.05, 0) is 61.6 Å². The number of urea groups is 1. The van der Waals surface area contributed by atoms with Crippen molar-refractivity contribution in [1.82, 2.24) is 20.9 Å². The fourth-order valence-electron chi connectivity index (χ4n) is 5.14. The van der Waals surface area contributed by atoms with Crippen molar-refractivity contribution in [2.45, 2.75) is 63.2 Å². The lowest BCUT2D eigenvalue weighted by atomic mass is 9.97. The molecule has 228 valence electrons. The Kier molecular flexibility index (Phi) is 10.7. The van der Waals surface area contributed by atoms with Gasteiger partial charge < -0.3 is 30.7 Å². The molecule has 3 aromatic carbocycles. The zero-order chi connectivity index (χ0) is 31.0. The van der Waals surface area contributed by atoms with Crippen molar-refractivity contribution in [3.63, 3.8) is 0 Å². The average Bonchev–Trinajstić information content (AvgIpc) is 3.33. The predicted octanol–water partition coefficient (Wildman–Crippen LogP) is 3.77. The topological polar surface area (TPSA) is 120 Å². The summed E-state index contributed by atoms with van der Waals surface area (Å²) in [6.07, 6.45) is -1.36. The number of benzene rings is 3. The number of amides is 4. The highest BCUT2D eigenvalue weighted by atomic mass is 32.2. The Balaban J connectivity index is 1.48. The van der Waals surface area contributed by atoms with Crippen LogP contribution in [0.4, 0.5) is 4.79 Å². The molecule has 0 radical (unpaired) electrons. The molecule has 3 aromatic rings. The summed E-state index contributed by atoms with van der Waals surface area (Å²) in [5, 5.41) is 20.0.